The van der Waals surface area contributed by atoms with Crippen molar-refractivity contribution in [1.29, 1.82) is 0 Å². The van der Waals surface area contributed by atoms with Crippen molar-refractivity contribution in [1.82, 2.24) is 0 Å². The molecule has 1 atom stereocenters. The smallest absolute Gasteiger partial charge is 0.155 e. The van der Waals surface area contributed by atoms with Gasteiger partial charge in [-0.15, -0.1) is 0 Å². The van der Waals surface area contributed by atoms with E-state index in [-0.39, 0.29) is 12.2 Å². The summed E-state index contributed by atoms with van der Waals surface area (Å²) in [4.78, 5) is 10.7. The molecule has 0 aliphatic rings. The number of hydrogen-bond acceptors (Lipinski definition) is 1. The van der Waals surface area contributed by atoms with Gasteiger partial charge < -0.3 is 0 Å². The lowest BCUT2D eigenvalue weighted by molar-refractivity contribution is -0.113. The van der Waals surface area contributed by atoms with E-state index in [4.69, 9.17) is 1.37 Å². The van der Waals surface area contributed by atoms with Crippen LogP contribution in [-0.4, -0.2) is 5.78 Å². The first kappa shape index (κ1) is 7.26. The number of carbonyl (C=O) groups excluding carboxylic acids is 1. The molecular weight excluding hydrogens is 124 g/mol. The summed E-state index contributed by atoms with van der Waals surface area (Å²) in [6, 6.07) is 0. The number of Topliss-reactive ketones (excluding diaryl/α,β-unsaturated/α-hetero) is 1. The zero-order valence-corrected chi connectivity index (χ0v) is 6.72. The molecule has 1 unspecified atom stereocenters. The fraction of sp³-hybridized carbons (Fsp3) is 0.444. The highest BCUT2D eigenvalue weighted by atomic mass is 16.1. The van der Waals surface area contributed by atoms with Crippen LogP contribution in [-0.2, 0) is 4.79 Å². The summed E-state index contributed by atoms with van der Waals surface area (Å²) < 4.78 is 7.13. The largest absolute Gasteiger partial charge is 0.295 e. The predicted octanol–water partition coefficient (Wildman–Crippen LogP) is 2.49. The molecule has 0 aromatic heterocycles. The molecule has 1 heteroatoms. The average Bonchev–Trinajstić information content (AvgIpc) is 1.86. The van der Waals surface area contributed by atoms with Gasteiger partial charge in [-0.3, -0.25) is 4.79 Å². The van der Waals surface area contributed by atoms with Gasteiger partial charge in [0.25, 0.3) is 0 Å². The van der Waals surface area contributed by atoms with Crippen molar-refractivity contribution < 1.29 is 6.17 Å². The number of allylic oxidation sites excluding steroid dienone is 4. The molecule has 0 N–H and O–H groups in total. The molecule has 0 fully saturated rings. The van der Waals surface area contributed by atoms with Gasteiger partial charge in [0.1, 0.15) is 0 Å². The SMILES string of the molecule is [2H]C(C)C=CC=C(C)C(C)=O. The molecule has 0 aliphatic heterocycles. The predicted molar refractivity (Wildman–Crippen MR) is 43.9 cm³/mol. The van der Waals surface area contributed by atoms with Crippen molar-refractivity contribution in [3.05, 3.63) is 23.8 Å². The molecule has 0 heterocycles. The molecule has 0 saturated heterocycles. The van der Waals surface area contributed by atoms with Gasteiger partial charge in [-0.2, -0.15) is 0 Å². The number of ketones is 1. The topological polar surface area (TPSA) is 17.1 Å². The highest BCUT2D eigenvalue weighted by Crippen LogP contribution is 1.94. The van der Waals surface area contributed by atoms with Crippen LogP contribution < -0.4 is 0 Å². The fourth-order valence-corrected chi connectivity index (χ4v) is 0.428. The first-order valence-electron chi connectivity index (χ1n) is 3.90. The molecule has 0 aromatic carbocycles. The number of carbonyl (C=O) groups is 1. The zero-order valence-electron chi connectivity index (χ0n) is 7.72. The minimum atomic E-state index is -0.203. The van der Waals surface area contributed by atoms with Crippen molar-refractivity contribution in [2.24, 2.45) is 0 Å². The van der Waals surface area contributed by atoms with Gasteiger partial charge in [-0.05, 0) is 25.8 Å². The Morgan fingerprint density at radius 2 is 2.20 bits per heavy atom. The molecule has 0 saturated carbocycles. The average molecular weight is 139 g/mol. The lowest BCUT2D eigenvalue weighted by atomic mass is 10.2. The maximum atomic E-state index is 10.7. The van der Waals surface area contributed by atoms with Gasteiger partial charge in [-0.25, -0.2) is 0 Å². The Hall–Kier alpha value is -0.850. The Balaban J connectivity index is 4.02. The second kappa shape index (κ2) is 4.98. The monoisotopic (exact) mass is 139 g/mol. The number of hydrogen-bond donors (Lipinski definition) is 0. The Bertz CT molecular complexity index is 190. The van der Waals surface area contributed by atoms with Crippen molar-refractivity contribution in [3.8, 4) is 0 Å². The maximum Gasteiger partial charge on any atom is 0.155 e. The number of rotatable bonds is 3. The van der Waals surface area contributed by atoms with Crippen LogP contribution in [0.4, 0.5) is 0 Å². The van der Waals surface area contributed by atoms with Gasteiger partial charge in [0.15, 0.2) is 5.78 Å². The molecule has 0 aromatic rings. The summed E-state index contributed by atoms with van der Waals surface area (Å²) in [6.45, 7) is 5.07. The van der Waals surface area contributed by atoms with Crippen LogP contribution in [0, 0.1) is 0 Å². The van der Waals surface area contributed by atoms with E-state index in [1.165, 1.54) is 6.92 Å². The Morgan fingerprint density at radius 1 is 1.60 bits per heavy atom. The van der Waals surface area contributed by atoms with Gasteiger partial charge in [-0.1, -0.05) is 25.2 Å². The van der Waals surface area contributed by atoms with Gasteiger partial charge >= 0.3 is 0 Å². The molecule has 0 bridgehead atoms. The third-order valence-corrected chi connectivity index (χ3v) is 1.21. The van der Waals surface area contributed by atoms with Crippen molar-refractivity contribution in [2.75, 3.05) is 0 Å². The molecule has 10 heavy (non-hydrogen) atoms. The summed E-state index contributed by atoms with van der Waals surface area (Å²) in [6.07, 6.45) is 5.00. The summed E-state index contributed by atoms with van der Waals surface area (Å²) in [5.41, 5.74) is 0.724. The molecule has 1 nitrogen and oxygen atoms in total. The second-order valence-electron chi connectivity index (χ2n) is 2.12. The van der Waals surface area contributed by atoms with Crippen LogP contribution in [0.3, 0.4) is 0 Å². The second-order valence-corrected chi connectivity index (χ2v) is 2.12. The third kappa shape index (κ3) is 4.07. The van der Waals surface area contributed by atoms with Crippen LogP contribution in [0.2, 0.25) is 0 Å². The highest BCUT2D eigenvalue weighted by Gasteiger charge is 1.90. The van der Waals surface area contributed by atoms with Gasteiger partial charge in [0.05, 0.1) is 0 Å². The zero-order chi connectivity index (χ0) is 8.85. The molecule has 56 valence electrons. The van der Waals surface area contributed by atoms with Crippen molar-refractivity contribution in [3.63, 3.8) is 0 Å². The Morgan fingerprint density at radius 3 is 2.60 bits per heavy atom. The summed E-state index contributed by atoms with van der Waals surface area (Å²) in [7, 11) is 0. The third-order valence-electron chi connectivity index (χ3n) is 1.21. The lowest BCUT2D eigenvalue weighted by Crippen LogP contribution is -1.89. The molecule has 0 radical (unpaired) electrons. The van der Waals surface area contributed by atoms with E-state index in [9.17, 15) is 4.79 Å². The normalized spacial score (nSPS) is 17.1. The standard InChI is InChI=1S/C9H14O/c1-4-5-6-7-8(2)9(3)10/h5-7H,4H2,1-3H3/i4D. The lowest BCUT2D eigenvalue weighted by Gasteiger charge is -1.87. The van der Waals surface area contributed by atoms with Gasteiger partial charge in [0.2, 0.25) is 0 Å². The molecule has 0 spiro atoms. The molecular formula is C9H14O. The van der Waals surface area contributed by atoms with E-state index >= 15 is 0 Å². The fourth-order valence-electron chi connectivity index (χ4n) is 0.428. The van der Waals surface area contributed by atoms with Crippen LogP contribution >= 0.6 is 0 Å². The molecule has 0 rings (SSSR count). The molecule has 0 amide bonds. The van der Waals surface area contributed by atoms with Crippen molar-refractivity contribution in [2.45, 2.75) is 27.2 Å². The summed E-state index contributed by atoms with van der Waals surface area (Å²) in [5, 5.41) is 0. The first-order chi connectivity index (χ1) is 5.04. The van der Waals surface area contributed by atoms with E-state index in [0.29, 0.717) is 0 Å². The highest BCUT2D eigenvalue weighted by molar-refractivity contribution is 5.92. The van der Waals surface area contributed by atoms with E-state index in [2.05, 4.69) is 0 Å². The first-order valence-corrected chi connectivity index (χ1v) is 3.32. The van der Waals surface area contributed by atoms with Gasteiger partial charge in [0, 0.05) is 1.37 Å². The molecule has 0 aliphatic carbocycles. The quantitative estimate of drug-likeness (QED) is 0.433. The maximum absolute atomic E-state index is 10.7. The van der Waals surface area contributed by atoms with E-state index in [1.807, 2.05) is 0 Å². The van der Waals surface area contributed by atoms with Crippen LogP contribution in [0.15, 0.2) is 23.8 Å². The Kier molecular flexibility index (Phi) is 3.61. The Labute approximate surface area is 63.8 Å². The van der Waals surface area contributed by atoms with E-state index < -0.39 is 0 Å². The van der Waals surface area contributed by atoms with E-state index in [1.54, 1.807) is 32.1 Å². The van der Waals surface area contributed by atoms with Crippen LogP contribution in [0.25, 0.3) is 0 Å². The summed E-state index contributed by atoms with van der Waals surface area (Å²) >= 11 is 0. The van der Waals surface area contributed by atoms with Crippen molar-refractivity contribution >= 4 is 5.78 Å². The van der Waals surface area contributed by atoms with Crippen LogP contribution in [0.1, 0.15) is 28.5 Å². The summed E-state index contributed by atoms with van der Waals surface area (Å²) in [5.74, 6) is 0.0762. The van der Waals surface area contributed by atoms with E-state index in [0.717, 1.165) is 5.57 Å². The minimum absolute atomic E-state index is 0.0762. The van der Waals surface area contributed by atoms with Crippen LogP contribution in [0.5, 0.6) is 0 Å². The minimum Gasteiger partial charge on any atom is -0.295 e.